The van der Waals surface area contributed by atoms with Gasteiger partial charge in [-0.25, -0.2) is 13.2 Å². The number of rotatable bonds is 8. The van der Waals surface area contributed by atoms with Gasteiger partial charge in [0.15, 0.2) is 0 Å². The van der Waals surface area contributed by atoms with Crippen LogP contribution in [-0.2, 0) is 32.4 Å². The van der Waals surface area contributed by atoms with E-state index >= 15 is 0 Å². The number of benzene rings is 2. The van der Waals surface area contributed by atoms with Crippen LogP contribution in [0.1, 0.15) is 33.6 Å². The maximum atomic E-state index is 13.6. The Balaban J connectivity index is 1.70. The number of esters is 1. The summed E-state index contributed by atoms with van der Waals surface area (Å²) in [5.74, 6) is -0.793. The summed E-state index contributed by atoms with van der Waals surface area (Å²) in [7, 11) is -1.37. The molecule has 0 atom stereocenters. The summed E-state index contributed by atoms with van der Waals surface area (Å²) in [4.78, 5) is 26.9. The first kappa shape index (κ1) is 24.7. The second-order valence-electron chi connectivity index (χ2n) is 7.95. The topological polar surface area (TPSA) is 102 Å². The summed E-state index contributed by atoms with van der Waals surface area (Å²) in [6.07, 6.45) is 3.54. The van der Waals surface area contributed by atoms with Crippen molar-refractivity contribution in [2.24, 2.45) is 0 Å². The number of hydrogen-bond acceptors (Lipinski definition) is 7. The van der Waals surface area contributed by atoms with Crippen molar-refractivity contribution in [2.75, 3.05) is 30.4 Å². The van der Waals surface area contributed by atoms with Crippen LogP contribution in [0.4, 0.5) is 10.7 Å². The van der Waals surface area contributed by atoms with E-state index in [0.29, 0.717) is 16.3 Å². The Morgan fingerprint density at radius 1 is 1.00 bits per heavy atom. The number of ether oxygens (including phenoxy) is 2. The molecule has 0 bridgehead atoms. The summed E-state index contributed by atoms with van der Waals surface area (Å²) < 4.78 is 38.5. The summed E-state index contributed by atoms with van der Waals surface area (Å²) in [5, 5.41) is 3.16. The number of aryl methyl sites for hydroxylation is 1. The molecule has 35 heavy (non-hydrogen) atoms. The first-order valence-electron chi connectivity index (χ1n) is 11.1. The molecular weight excluding hydrogens is 488 g/mol. The van der Waals surface area contributed by atoms with E-state index in [1.807, 2.05) is 0 Å². The molecule has 3 aromatic rings. The fraction of sp³-hybridized carbons (Fsp3) is 0.280. The van der Waals surface area contributed by atoms with E-state index in [1.54, 1.807) is 42.5 Å². The first-order chi connectivity index (χ1) is 16.9. The molecule has 0 saturated carbocycles. The Hall–Kier alpha value is -3.37. The maximum Gasteiger partial charge on any atom is 0.341 e. The van der Waals surface area contributed by atoms with Crippen LogP contribution < -0.4 is 14.4 Å². The number of methoxy groups -OCH3 is 2. The van der Waals surface area contributed by atoms with Crippen LogP contribution in [-0.4, -0.2) is 41.1 Å². The van der Waals surface area contributed by atoms with Gasteiger partial charge in [-0.1, -0.05) is 30.3 Å². The monoisotopic (exact) mass is 514 g/mol. The lowest BCUT2D eigenvalue weighted by molar-refractivity contribution is -0.114. The van der Waals surface area contributed by atoms with Gasteiger partial charge in [-0.3, -0.25) is 9.10 Å². The number of fused-ring (bicyclic) bond motifs is 1. The lowest BCUT2D eigenvalue weighted by atomic mass is 9.95. The van der Waals surface area contributed by atoms with Gasteiger partial charge in [0.1, 0.15) is 17.3 Å². The largest absolute Gasteiger partial charge is 0.495 e. The zero-order chi connectivity index (χ0) is 25.0. The quantitative estimate of drug-likeness (QED) is 0.451. The fourth-order valence-electron chi connectivity index (χ4n) is 4.12. The van der Waals surface area contributed by atoms with E-state index in [0.717, 1.165) is 40.4 Å². The highest BCUT2D eigenvalue weighted by Crippen LogP contribution is 2.39. The van der Waals surface area contributed by atoms with Crippen molar-refractivity contribution < 1.29 is 27.5 Å². The van der Waals surface area contributed by atoms with Gasteiger partial charge in [-0.05, 0) is 55.5 Å². The van der Waals surface area contributed by atoms with Crippen LogP contribution in [0.3, 0.4) is 0 Å². The van der Waals surface area contributed by atoms with Crippen LogP contribution in [0.5, 0.6) is 5.75 Å². The summed E-state index contributed by atoms with van der Waals surface area (Å²) >= 11 is 1.34. The lowest BCUT2D eigenvalue weighted by Crippen LogP contribution is -2.38. The molecule has 0 spiro atoms. The lowest BCUT2D eigenvalue weighted by Gasteiger charge is -2.25. The van der Waals surface area contributed by atoms with Crippen LogP contribution in [0, 0.1) is 0 Å². The molecule has 0 aliphatic heterocycles. The molecule has 1 heterocycles. The third kappa shape index (κ3) is 5.03. The predicted molar refractivity (Wildman–Crippen MR) is 135 cm³/mol. The summed E-state index contributed by atoms with van der Waals surface area (Å²) in [5.41, 5.74) is 1.49. The van der Waals surface area contributed by atoms with Gasteiger partial charge >= 0.3 is 5.97 Å². The van der Waals surface area contributed by atoms with Crippen LogP contribution in [0.25, 0.3) is 0 Å². The minimum absolute atomic E-state index is 0.0422. The maximum absolute atomic E-state index is 13.6. The number of para-hydroxylation sites is 2. The highest BCUT2D eigenvalue weighted by atomic mass is 32.2. The van der Waals surface area contributed by atoms with Gasteiger partial charge in [0.05, 0.1) is 30.4 Å². The van der Waals surface area contributed by atoms with Crippen molar-refractivity contribution in [1.82, 2.24) is 0 Å². The molecule has 0 saturated heterocycles. The van der Waals surface area contributed by atoms with Gasteiger partial charge < -0.3 is 14.8 Å². The molecule has 10 heteroatoms. The van der Waals surface area contributed by atoms with Crippen molar-refractivity contribution in [3.05, 3.63) is 70.6 Å². The SMILES string of the molecule is COC(=O)c1c(NC(=O)CN(c2ccccc2OC)S(=O)(=O)c2ccccc2)sc2c1CCCC2. The van der Waals surface area contributed by atoms with Gasteiger partial charge in [0.2, 0.25) is 5.91 Å². The van der Waals surface area contributed by atoms with Crippen molar-refractivity contribution in [1.29, 1.82) is 0 Å². The Labute approximate surface area is 208 Å². The van der Waals surface area contributed by atoms with E-state index in [2.05, 4.69) is 5.32 Å². The second-order valence-corrected chi connectivity index (χ2v) is 10.9. The highest BCUT2D eigenvalue weighted by molar-refractivity contribution is 7.92. The zero-order valence-electron chi connectivity index (χ0n) is 19.4. The van der Waals surface area contributed by atoms with Crippen LogP contribution in [0.2, 0.25) is 0 Å². The molecule has 1 aromatic heterocycles. The molecular formula is C25H26N2O6S2. The third-order valence-electron chi connectivity index (χ3n) is 5.79. The molecule has 8 nitrogen and oxygen atoms in total. The van der Waals surface area contributed by atoms with Crippen LogP contribution >= 0.6 is 11.3 Å². The molecule has 1 aliphatic rings. The molecule has 2 aromatic carbocycles. The Bertz CT molecular complexity index is 1340. The number of nitrogens with one attached hydrogen (secondary N) is 1. The van der Waals surface area contributed by atoms with E-state index in [-0.39, 0.29) is 10.6 Å². The normalized spacial score (nSPS) is 13.0. The molecule has 1 amide bonds. The van der Waals surface area contributed by atoms with Gasteiger partial charge in [-0.2, -0.15) is 0 Å². The van der Waals surface area contributed by atoms with Crippen molar-refractivity contribution in [3.8, 4) is 5.75 Å². The molecule has 0 radical (unpaired) electrons. The van der Waals surface area contributed by atoms with Gasteiger partial charge in [0.25, 0.3) is 10.0 Å². The summed E-state index contributed by atoms with van der Waals surface area (Å²) in [6, 6.07) is 14.5. The standard InChI is InChI=1S/C25H26N2O6S2/c1-32-20-14-8-7-13-19(20)27(35(30,31)17-10-4-3-5-11-17)16-22(28)26-24-23(25(29)33-2)18-12-6-9-15-21(18)34-24/h3-5,7-8,10-11,13-14H,6,9,12,15-16H2,1-2H3,(H,26,28). The molecule has 0 fully saturated rings. The Morgan fingerprint density at radius 3 is 2.40 bits per heavy atom. The molecule has 1 N–H and O–H groups in total. The fourth-order valence-corrected chi connectivity index (χ4v) is 6.87. The predicted octanol–water partition coefficient (Wildman–Crippen LogP) is 4.26. The highest BCUT2D eigenvalue weighted by Gasteiger charge is 2.31. The van der Waals surface area contributed by atoms with E-state index < -0.39 is 28.4 Å². The number of carbonyl (C=O) groups excluding carboxylic acids is 2. The minimum Gasteiger partial charge on any atom is -0.495 e. The van der Waals surface area contributed by atoms with E-state index in [1.165, 1.54) is 37.7 Å². The number of hydrogen-bond donors (Lipinski definition) is 1. The van der Waals surface area contributed by atoms with Gasteiger partial charge in [-0.15, -0.1) is 11.3 Å². The number of thiophene rings is 1. The van der Waals surface area contributed by atoms with Crippen molar-refractivity contribution >= 4 is 43.9 Å². The number of carbonyl (C=O) groups is 2. The van der Waals surface area contributed by atoms with Crippen LogP contribution in [0.15, 0.2) is 59.5 Å². The Kier molecular flexibility index (Phi) is 7.42. The molecule has 1 aliphatic carbocycles. The summed E-state index contributed by atoms with van der Waals surface area (Å²) in [6.45, 7) is -0.513. The molecule has 0 unspecified atom stereocenters. The minimum atomic E-state index is -4.10. The number of sulfonamides is 1. The Morgan fingerprint density at radius 2 is 1.69 bits per heavy atom. The van der Waals surface area contributed by atoms with Crippen molar-refractivity contribution in [3.63, 3.8) is 0 Å². The third-order valence-corrected chi connectivity index (χ3v) is 8.77. The molecule has 184 valence electrons. The number of nitrogens with zero attached hydrogens (tertiary/aromatic N) is 1. The first-order valence-corrected chi connectivity index (χ1v) is 13.4. The smallest absolute Gasteiger partial charge is 0.341 e. The second kappa shape index (κ2) is 10.5. The zero-order valence-corrected chi connectivity index (χ0v) is 21.1. The van der Waals surface area contributed by atoms with Crippen molar-refractivity contribution in [2.45, 2.75) is 30.6 Å². The average Bonchev–Trinajstić information content (AvgIpc) is 3.24. The van der Waals surface area contributed by atoms with E-state index in [9.17, 15) is 18.0 Å². The van der Waals surface area contributed by atoms with E-state index in [4.69, 9.17) is 9.47 Å². The number of amides is 1. The van der Waals surface area contributed by atoms with Gasteiger partial charge in [0, 0.05) is 4.88 Å². The number of anilines is 2. The average molecular weight is 515 g/mol. The molecule has 4 rings (SSSR count).